The number of aliphatic hydroxyl groups is 1. The van der Waals surface area contributed by atoms with Crippen LogP contribution < -0.4 is 4.72 Å². The number of sulfonamides is 1. The Labute approximate surface area is 112 Å². The van der Waals surface area contributed by atoms with Crippen LogP contribution >= 0.6 is 23.4 Å². The molecule has 10 heteroatoms. The van der Waals surface area contributed by atoms with Gasteiger partial charge >= 0.3 is 6.18 Å². The summed E-state index contributed by atoms with van der Waals surface area (Å²) in [6.45, 7) is -0.919. The Balaban J connectivity index is 2.64. The second-order valence-electron chi connectivity index (χ2n) is 3.65. The Bertz CT molecular complexity index is 424. The molecule has 0 aliphatic carbocycles. The van der Waals surface area contributed by atoms with E-state index in [1.807, 2.05) is 4.72 Å². The van der Waals surface area contributed by atoms with Crippen molar-refractivity contribution in [2.45, 2.75) is 29.6 Å². The van der Waals surface area contributed by atoms with Crippen molar-refractivity contribution < 1.29 is 26.7 Å². The number of thioether (sulfide) groups is 1. The van der Waals surface area contributed by atoms with Gasteiger partial charge in [0.1, 0.15) is 4.58 Å². The fourth-order valence-corrected chi connectivity index (χ4v) is 4.65. The molecule has 4 nitrogen and oxygen atoms in total. The van der Waals surface area contributed by atoms with Crippen LogP contribution in [-0.2, 0) is 10.0 Å². The highest BCUT2D eigenvalue weighted by atomic mass is 35.5. The molecule has 0 aromatic carbocycles. The van der Waals surface area contributed by atoms with E-state index in [2.05, 4.69) is 0 Å². The van der Waals surface area contributed by atoms with Gasteiger partial charge in [-0.1, -0.05) is 29.4 Å². The molecule has 1 heterocycles. The summed E-state index contributed by atoms with van der Waals surface area (Å²) in [4.78, 5) is 0. The van der Waals surface area contributed by atoms with E-state index in [1.54, 1.807) is 0 Å². The van der Waals surface area contributed by atoms with E-state index in [9.17, 15) is 21.6 Å². The van der Waals surface area contributed by atoms with E-state index in [0.29, 0.717) is 4.36 Å². The highest BCUT2D eigenvalue weighted by Crippen LogP contribution is 2.37. The molecule has 0 bridgehead atoms. The van der Waals surface area contributed by atoms with Crippen molar-refractivity contribution in [3.8, 4) is 0 Å². The zero-order valence-electron chi connectivity index (χ0n) is 8.95. The smallest absolute Gasteiger partial charge is 0.390 e. The molecule has 1 aliphatic heterocycles. The van der Waals surface area contributed by atoms with E-state index in [4.69, 9.17) is 16.7 Å². The Morgan fingerprint density at radius 3 is 2.61 bits per heavy atom. The lowest BCUT2D eigenvalue weighted by Crippen LogP contribution is -2.43. The van der Waals surface area contributed by atoms with Gasteiger partial charge in [0.05, 0.1) is 23.4 Å². The number of aliphatic hydroxyl groups excluding tert-OH is 1. The van der Waals surface area contributed by atoms with Crippen LogP contribution in [0.1, 0.15) is 12.8 Å². The van der Waals surface area contributed by atoms with Crippen LogP contribution in [0.5, 0.6) is 0 Å². The summed E-state index contributed by atoms with van der Waals surface area (Å²) < 4.78 is 61.0. The van der Waals surface area contributed by atoms with Gasteiger partial charge in [-0.25, -0.2) is 13.1 Å². The molecule has 106 valence electrons. The fourth-order valence-electron chi connectivity index (χ4n) is 1.33. The van der Waals surface area contributed by atoms with Crippen LogP contribution in [0.4, 0.5) is 13.2 Å². The summed E-state index contributed by atoms with van der Waals surface area (Å²) in [5, 5.41) is 8.77. The quantitative estimate of drug-likeness (QED) is 0.808. The first-order valence-electron chi connectivity index (χ1n) is 4.85. The van der Waals surface area contributed by atoms with E-state index in [0.717, 1.165) is 11.8 Å². The van der Waals surface area contributed by atoms with Gasteiger partial charge < -0.3 is 5.11 Å². The molecule has 0 aromatic heterocycles. The lowest BCUT2D eigenvalue weighted by molar-refractivity contribution is -0.140. The zero-order valence-corrected chi connectivity index (χ0v) is 11.3. The van der Waals surface area contributed by atoms with Crippen molar-refractivity contribution in [1.82, 2.24) is 4.72 Å². The van der Waals surface area contributed by atoms with Crippen LogP contribution in [0.15, 0.2) is 10.4 Å². The van der Waals surface area contributed by atoms with Gasteiger partial charge in [-0.15, -0.1) is 0 Å². The first-order chi connectivity index (χ1) is 8.14. The maximum Gasteiger partial charge on any atom is 0.390 e. The Morgan fingerprint density at radius 2 is 2.22 bits per heavy atom. The first-order valence-corrected chi connectivity index (χ1v) is 7.65. The second-order valence-corrected chi connectivity index (χ2v) is 7.72. The van der Waals surface area contributed by atoms with E-state index < -0.39 is 39.9 Å². The van der Waals surface area contributed by atoms with Crippen LogP contribution in [0.3, 0.4) is 0 Å². The molecule has 0 aromatic rings. The summed E-state index contributed by atoms with van der Waals surface area (Å²) >= 11 is 6.45. The predicted octanol–water partition coefficient (Wildman–Crippen LogP) is 1.76. The van der Waals surface area contributed by atoms with Gasteiger partial charge in [0, 0.05) is 0 Å². The molecule has 0 saturated heterocycles. The van der Waals surface area contributed by atoms with Gasteiger partial charge in [0.15, 0.2) is 0 Å². The Kier molecular flexibility index (Phi) is 5.36. The third-order valence-corrected chi connectivity index (χ3v) is 5.95. The number of rotatable bonds is 5. The number of nitrogens with one attached hydrogen (secondary N) is 1. The standard InChI is InChI=1S/C8H11ClF3NO3S2/c9-6-1-2-7(17-6)18(15,16)13-5(4-14)3-8(10,11)12/h1,5,7,13-14H,2-4H2. The number of halogens is 4. The maximum atomic E-state index is 12.1. The van der Waals surface area contributed by atoms with Crippen molar-refractivity contribution in [2.75, 3.05) is 6.61 Å². The molecule has 1 aliphatic rings. The summed E-state index contributed by atoms with van der Waals surface area (Å²) in [7, 11) is -3.96. The van der Waals surface area contributed by atoms with Crippen LogP contribution in [0.2, 0.25) is 0 Å². The molecule has 0 spiro atoms. The molecule has 0 fully saturated rings. The first kappa shape index (κ1) is 16.1. The van der Waals surface area contributed by atoms with Crippen LogP contribution in [0, 0.1) is 0 Å². The molecule has 2 N–H and O–H groups in total. The van der Waals surface area contributed by atoms with Crippen molar-refractivity contribution in [2.24, 2.45) is 0 Å². The largest absolute Gasteiger partial charge is 0.395 e. The fraction of sp³-hybridized carbons (Fsp3) is 0.750. The summed E-state index contributed by atoms with van der Waals surface area (Å²) in [6, 6.07) is -1.57. The molecule has 0 amide bonds. The van der Waals surface area contributed by atoms with Gasteiger partial charge in [0.2, 0.25) is 10.0 Å². The topological polar surface area (TPSA) is 66.4 Å². The third-order valence-electron chi connectivity index (χ3n) is 2.09. The monoisotopic (exact) mass is 325 g/mol. The zero-order chi connectivity index (χ0) is 14.0. The number of alkyl halides is 3. The lowest BCUT2D eigenvalue weighted by Gasteiger charge is -2.20. The average Bonchev–Trinajstić information content (AvgIpc) is 2.62. The molecule has 2 unspecified atom stereocenters. The SMILES string of the molecule is O=S(=O)(NC(CO)CC(F)(F)F)C1CC=C(Cl)S1. The number of hydrogen-bond acceptors (Lipinski definition) is 4. The van der Waals surface area contributed by atoms with Crippen LogP contribution in [-0.4, -0.2) is 36.9 Å². The molecule has 0 radical (unpaired) electrons. The van der Waals surface area contributed by atoms with Crippen LogP contribution in [0.25, 0.3) is 0 Å². The number of hydrogen-bond donors (Lipinski definition) is 2. The Hall–Kier alpha value is 0.0400. The van der Waals surface area contributed by atoms with Gasteiger partial charge in [-0.3, -0.25) is 0 Å². The minimum atomic E-state index is -4.55. The predicted molar refractivity (Wildman–Crippen MR) is 63.5 cm³/mol. The highest BCUT2D eigenvalue weighted by Gasteiger charge is 2.36. The normalized spacial score (nSPS) is 22.9. The maximum absolute atomic E-state index is 12.1. The number of allylic oxidation sites excluding steroid dienone is 1. The van der Waals surface area contributed by atoms with Gasteiger partial charge in [-0.2, -0.15) is 13.2 Å². The molecular formula is C8H11ClF3NO3S2. The highest BCUT2D eigenvalue weighted by molar-refractivity contribution is 8.16. The van der Waals surface area contributed by atoms with Crippen molar-refractivity contribution >= 4 is 33.4 Å². The van der Waals surface area contributed by atoms with E-state index in [-0.39, 0.29) is 6.42 Å². The molecule has 18 heavy (non-hydrogen) atoms. The van der Waals surface area contributed by atoms with Crippen molar-refractivity contribution in [3.05, 3.63) is 10.4 Å². The Morgan fingerprint density at radius 1 is 1.61 bits per heavy atom. The molecular weight excluding hydrogens is 315 g/mol. The molecule has 2 atom stereocenters. The second kappa shape index (κ2) is 6.00. The van der Waals surface area contributed by atoms with E-state index >= 15 is 0 Å². The third kappa shape index (κ3) is 4.96. The summed E-state index contributed by atoms with van der Waals surface area (Å²) in [6.07, 6.45) is -4.35. The van der Waals surface area contributed by atoms with Crippen molar-refractivity contribution in [3.63, 3.8) is 0 Å². The summed E-state index contributed by atoms with van der Waals surface area (Å²) in [5.41, 5.74) is 0. The minimum Gasteiger partial charge on any atom is -0.395 e. The minimum absolute atomic E-state index is 0.128. The molecule has 0 saturated carbocycles. The summed E-state index contributed by atoms with van der Waals surface area (Å²) in [5.74, 6) is 0. The lowest BCUT2D eigenvalue weighted by atomic mass is 10.2. The van der Waals surface area contributed by atoms with Gasteiger partial charge in [0.25, 0.3) is 0 Å². The van der Waals surface area contributed by atoms with Gasteiger partial charge in [-0.05, 0) is 6.42 Å². The molecule has 1 rings (SSSR count). The van der Waals surface area contributed by atoms with E-state index in [1.165, 1.54) is 6.08 Å². The van der Waals surface area contributed by atoms with Crippen molar-refractivity contribution in [1.29, 1.82) is 0 Å². The average molecular weight is 326 g/mol.